The SMILES string of the molecule is Nc1nc(C(=NO)C(=O)NC2C(=O)N3C(C(=O)O)=C(C=CSc4cc(=O)c5cc(F)c(F)c(F)c5s4)CS[C@@H]23)cs1. The minimum absolute atomic E-state index is 0.0000567. The number of thiazole rings is 1. The quantitative estimate of drug-likeness (QED) is 0.0750. The number of thioether (sulfide) groups is 2. The number of nitrogens with zero attached hydrogens (tertiary/aromatic N) is 3. The number of benzene rings is 1. The standard InChI is InChI=1S/C23H14F3N5O6S4/c24-9-3-8-11(32)4-12(41-18(8)14(26)13(9)25)38-2-1-7-5-39-21-16(20(34)31(21)17(7)22(35)36)29-19(33)15(30-37)10-6-40-23(27)28-10/h1-4,6,16,21,37H,5H2,(H2,27,28)(H,29,33)(H,35,36)/t16?,21-/m0/s1. The molecule has 3 aromatic rings. The molecule has 2 amide bonds. The predicted molar refractivity (Wildman–Crippen MR) is 148 cm³/mol. The van der Waals surface area contributed by atoms with Crippen molar-refractivity contribution in [3.05, 3.63) is 73.6 Å². The smallest absolute Gasteiger partial charge is 0.352 e. The predicted octanol–water partition coefficient (Wildman–Crippen LogP) is 2.94. The van der Waals surface area contributed by atoms with E-state index in [0.29, 0.717) is 17.4 Å². The average molecular weight is 642 g/mol. The average Bonchev–Trinajstić information content (AvgIpc) is 3.36. The first-order chi connectivity index (χ1) is 19.5. The second-order valence-corrected chi connectivity index (χ2v) is 12.5. The Bertz CT molecular complexity index is 1790. The number of oxime groups is 1. The third kappa shape index (κ3) is 5.18. The van der Waals surface area contributed by atoms with Crippen molar-refractivity contribution in [2.45, 2.75) is 15.6 Å². The van der Waals surface area contributed by atoms with E-state index in [9.17, 15) is 42.7 Å². The van der Waals surface area contributed by atoms with Crippen LogP contribution in [0.25, 0.3) is 10.1 Å². The van der Waals surface area contributed by atoms with E-state index in [1.807, 2.05) is 0 Å². The summed E-state index contributed by atoms with van der Waals surface area (Å²) in [4.78, 5) is 54.8. The van der Waals surface area contributed by atoms with E-state index in [-0.39, 0.29) is 42.1 Å². The van der Waals surface area contributed by atoms with E-state index in [2.05, 4.69) is 15.5 Å². The second kappa shape index (κ2) is 11.2. The van der Waals surface area contributed by atoms with Crippen molar-refractivity contribution in [2.24, 2.45) is 5.16 Å². The summed E-state index contributed by atoms with van der Waals surface area (Å²) in [6.07, 6.45) is 1.41. The highest BCUT2D eigenvalue weighted by Crippen LogP contribution is 2.41. The molecule has 2 aromatic heterocycles. The number of anilines is 1. The number of nitrogens with one attached hydrogen (secondary N) is 1. The second-order valence-electron chi connectivity index (χ2n) is 8.27. The van der Waals surface area contributed by atoms with Crippen molar-refractivity contribution < 1.29 is 37.9 Å². The van der Waals surface area contributed by atoms with Crippen molar-refractivity contribution >= 4 is 84.9 Å². The Labute approximate surface area is 243 Å². The van der Waals surface area contributed by atoms with Crippen LogP contribution in [-0.4, -0.2) is 60.9 Å². The molecule has 0 spiro atoms. The highest BCUT2D eigenvalue weighted by atomic mass is 32.2. The van der Waals surface area contributed by atoms with Crippen LogP contribution in [0.3, 0.4) is 0 Å². The monoisotopic (exact) mass is 641 g/mol. The van der Waals surface area contributed by atoms with Gasteiger partial charge in [-0.05, 0) is 23.1 Å². The molecule has 5 rings (SSSR count). The Morgan fingerprint density at radius 1 is 1.24 bits per heavy atom. The lowest BCUT2D eigenvalue weighted by Crippen LogP contribution is -2.71. The fraction of sp³-hybridized carbons (Fsp3) is 0.130. The minimum atomic E-state index is -1.70. The number of carbonyl (C=O) groups excluding carboxylic acids is 2. The number of β-lactam (4-membered cyclic amide) rings is 1. The molecule has 41 heavy (non-hydrogen) atoms. The zero-order valence-corrected chi connectivity index (χ0v) is 23.2. The van der Waals surface area contributed by atoms with Gasteiger partial charge in [0.05, 0.1) is 8.91 Å². The van der Waals surface area contributed by atoms with Gasteiger partial charge in [-0.25, -0.2) is 22.9 Å². The molecule has 1 aromatic carbocycles. The summed E-state index contributed by atoms with van der Waals surface area (Å²) in [5, 5.41) is 26.3. The molecule has 1 unspecified atom stereocenters. The Kier molecular flexibility index (Phi) is 7.82. The van der Waals surface area contributed by atoms with Crippen molar-refractivity contribution in [3.63, 3.8) is 0 Å². The first-order valence-corrected chi connectivity index (χ1v) is 14.7. The molecule has 0 aliphatic carbocycles. The largest absolute Gasteiger partial charge is 0.477 e. The van der Waals surface area contributed by atoms with E-state index < -0.39 is 57.8 Å². The van der Waals surface area contributed by atoms with E-state index in [4.69, 9.17) is 5.73 Å². The molecule has 0 bridgehead atoms. The topological polar surface area (TPSA) is 175 Å². The van der Waals surface area contributed by atoms with E-state index in [1.54, 1.807) is 0 Å². The number of nitrogens with two attached hydrogens (primary N) is 1. The first-order valence-electron chi connectivity index (χ1n) is 11.1. The summed E-state index contributed by atoms with van der Waals surface area (Å²) in [5.74, 6) is -7.55. The highest BCUT2D eigenvalue weighted by molar-refractivity contribution is 8.04. The molecule has 5 N–H and O–H groups in total. The van der Waals surface area contributed by atoms with Crippen LogP contribution in [0.15, 0.2) is 54.4 Å². The van der Waals surface area contributed by atoms with Gasteiger partial charge in [0.15, 0.2) is 33.7 Å². The summed E-state index contributed by atoms with van der Waals surface area (Å²) in [6, 6.07) is 0.639. The fourth-order valence-electron chi connectivity index (χ4n) is 4.01. The first kappa shape index (κ1) is 28.7. The Morgan fingerprint density at radius 3 is 2.66 bits per heavy atom. The van der Waals surface area contributed by atoms with Gasteiger partial charge in [-0.2, -0.15) is 0 Å². The van der Waals surface area contributed by atoms with Crippen molar-refractivity contribution in [2.75, 3.05) is 11.5 Å². The van der Waals surface area contributed by atoms with E-state index in [0.717, 1.165) is 34.1 Å². The Morgan fingerprint density at radius 2 is 2.00 bits per heavy atom. The summed E-state index contributed by atoms with van der Waals surface area (Å²) in [6.45, 7) is 0. The number of aliphatic carboxylic acids is 1. The number of halogens is 3. The number of allylic oxidation sites excluding steroid dienone is 1. The summed E-state index contributed by atoms with van der Waals surface area (Å²) < 4.78 is 41.3. The van der Waals surface area contributed by atoms with Crippen LogP contribution in [0, 0.1) is 17.5 Å². The van der Waals surface area contributed by atoms with Crippen LogP contribution in [0.4, 0.5) is 18.3 Å². The molecular weight excluding hydrogens is 628 g/mol. The maximum atomic E-state index is 14.2. The Hall–Kier alpha value is -3.87. The highest BCUT2D eigenvalue weighted by Gasteiger charge is 2.54. The van der Waals surface area contributed by atoms with Crippen molar-refractivity contribution in [1.29, 1.82) is 0 Å². The number of fused-ring (bicyclic) bond motifs is 2. The summed E-state index contributed by atoms with van der Waals surface area (Å²) >= 11 is 3.81. The molecule has 212 valence electrons. The molecule has 0 radical (unpaired) electrons. The number of hydrogen-bond donors (Lipinski definition) is 4. The number of nitrogen functional groups attached to an aromatic ring is 1. The normalized spacial score (nSPS) is 19.0. The molecule has 1 saturated heterocycles. The zero-order valence-electron chi connectivity index (χ0n) is 20.0. The van der Waals surface area contributed by atoms with Gasteiger partial charge in [0.2, 0.25) is 0 Å². The molecule has 2 aliphatic heterocycles. The lowest BCUT2D eigenvalue weighted by Gasteiger charge is -2.49. The summed E-state index contributed by atoms with van der Waals surface area (Å²) in [5.41, 5.74) is 4.27. The van der Waals surface area contributed by atoms with Crippen molar-refractivity contribution in [3.8, 4) is 0 Å². The van der Waals surface area contributed by atoms with Crippen molar-refractivity contribution in [1.82, 2.24) is 15.2 Å². The zero-order chi connectivity index (χ0) is 29.6. The van der Waals surface area contributed by atoms with Gasteiger partial charge in [0, 0.05) is 22.6 Å². The lowest BCUT2D eigenvalue weighted by molar-refractivity contribution is -0.150. The van der Waals surface area contributed by atoms with E-state index >= 15 is 0 Å². The molecule has 0 saturated carbocycles. The number of carbonyl (C=O) groups is 3. The number of amides is 2. The van der Waals surface area contributed by atoms with Crippen LogP contribution in [-0.2, 0) is 14.4 Å². The third-order valence-corrected chi connectivity index (χ3v) is 9.91. The molecule has 18 heteroatoms. The molecule has 4 heterocycles. The molecule has 1 fully saturated rings. The number of carboxylic acid groups (broad SMARTS) is 1. The van der Waals surface area contributed by atoms with Gasteiger partial charge in [-0.15, -0.1) is 34.4 Å². The molecule has 11 nitrogen and oxygen atoms in total. The molecular formula is C23H14F3N5O6S4. The lowest BCUT2D eigenvalue weighted by atomic mass is 10.0. The number of carboxylic acids is 1. The van der Waals surface area contributed by atoms with Crippen LogP contribution < -0.4 is 16.5 Å². The number of hydrogen-bond acceptors (Lipinski definition) is 12. The minimum Gasteiger partial charge on any atom is -0.477 e. The Balaban J connectivity index is 1.34. The maximum absolute atomic E-state index is 14.2. The van der Waals surface area contributed by atoms with Gasteiger partial charge in [0.25, 0.3) is 11.8 Å². The molecule has 2 atom stereocenters. The van der Waals surface area contributed by atoms with Crippen LogP contribution in [0.1, 0.15) is 5.69 Å². The fourth-order valence-corrected chi connectivity index (χ4v) is 7.84. The number of aromatic nitrogens is 1. The third-order valence-electron chi connectivity index (χ3n) is 5.85. The van der Waals surface area contributed by atoms with Gasteiger partial charge in [0.1, 0.15) is 22.8 Å². The van der Waals surface area contributed by atoms with Gasteiger partial charge in [-0.3, -0.25) is 19.3 Å². The van der Waals surface area contributed by atoms with Gasteiger partial charge in [-0.1, -0.05) is 16.9 Å². The molecule has 2 aliphatic rings. The van der Waals surface area contributed by atoms with E-state index in [1.165, 1.54) is 28.6 Å². The maximum Gasteiger partial charge on any atom is 0.352 e. The van der Waals surface area contributed by atoms with Gasteiger partial charge >= 0.3 is 5.97 Å². The van der Waals surface area contributed by atoms with Crippen LogP contribution >= 0.6 is 46.2 Å². The van der Waals surface area contributed by atoms with Crippen LogP contribution in [0.5, 0.6) is 0 Å². The summed E-state index contributed by atoms with van der Waals surface area (Å²) in [7, 11) is 0. The van der Waals surface area contributed by atoms with Crippen LogP contribution in [0.2, 0.25) is 0 Å². The number of rotatable bonds is 7. The van der Waals surface area contributed by atoms with Gasteiger partial charge < -0.3 is 21.4 Å².